The van der Waals surface area contributed by atoms with Crippen molar-refractivity contribution in [3.63, 3.8) is 0 Å². The molecule has 0 aliphatic heterocycles. The minimum absolute atomic E-state index is 0.589. The second-order valence-electron chi connectivity index (χ2n) is 3.21. The highest BCUT2D eigenvalue weighted by Crippen LogP contribution is 2.19. The van der Waals surface area contributed by atoms with Gasteiger partial charge < -0.3 is 13.3 Å². The Balaban J connectivity index is 2.50. The van der Waals surface area contributed by atoms with Gasteiger partial charge in [-0.25, -0.2) is 0 Å². The van der Waals surface area contributed by atoms with E-state index < -0.39 is 8.80 Å². The highest BCUT2D eigenvalue weighted by molar-refractivity contribution is 7.09. The Morgan fingerprint density at radius 3 is 2.53 bits per heavy atom. The van der Waals surface area contributed by atoms with Gasteiger partial charge in [0.1, 0.15) is 0 Å². The molecule has 0 saturated carbocycles. The van der Waals surface area contributed by atoms with Gasteiger partial charge >= 0.3 is 8.80 Å². The molecule has 0 unspecified atom stereocenters. The lowest BCUT2D eigenvalue weighted by Gasteiger charge is -2.25. The first-order valence-corrected chi connectivity index (χ1v) is 7.84. The van der Waals surface area contributed by atoms with Crippen LogP contribution in [0.1, 0.15) is 18.2 Å². The average Bonchev–Trinajstić information content (AvgIpc) is 2.77. The smallest absolute Gasteiger partial charge is 0.377 e. The molecule has 5 heteroatoms. The van der Waals surface area contributed by atoms with Crippen LogP contribution < -0.4 is 0 Å². The van der Waals surface area contributed by atoms with Crippen LogP contribution in [0.4, 0.5) is 0 Å². The third-order valence-corrected chi connectivity index (χ3v) is 5.98. The molecule has 0 fully saturated rings. The van der Waals surface area contributed by atoms with Crippen LogP contribution in [0, 0.1) is 0 Å². The molecule has 0 saturated heterocycles. The maximum atomic E-state index is 5.82. The first-order valence-electron chi connectivity index (χ1n) is 5.03. The van der Waals surface area contributed by atoms with Gasteiger partial charge in [0.25, 0.3) is 0 Å². The zero-order valence-corrected chi connectivity index (χ0v) is 11.3. The summed E-state index contributed by atoms with van der Waals surface area (Å²) in [4.78, 5) is 1.21. The van der Waals surface area contributed by atoms with Crippen molar-refractivity contribution in [1.82, 2.24) is 0 Å². The van der Waals surface area contributed by atoms with Crippen molar-refractivity contribution in [2.75, 3.05) is 14.2 Å². The highest BCUT2D eigenvalue weighted by Gasteiger charge is 2.37. The Labute approximate surface area is 96.4 Å². The zero-order valence-electron chi connectivity index (χ0n) is 9.49. The maximum Gasteiger partial charge on any atom is 0.500 e. The highest BCUT2D eigenvalue weighted by atomic mass is 32.1. The summed E-state index contributed by atoms with van der Waals surface area (Å²) < 4.78 is 16.7. The third-order valence-electron chi connectivity index (χ3n) is 2.19. The molecule has 0 aliphatic rings. The van der Waals surface area contributed by atoms with Gasteiger partial charge in [-0.15, -0.1) is 11.3 Å². The molecule has 1 rings (SSSR count). The molecule has 0 N–H and O–H groups in total. The van der Waals surface area contributed by atoms with E-state index in [9.17, 15) is 0 Å². The van der Waals surface area contributed by atoms with E-state index in [1.807, 2.05) is 11.4 Å². The lowest BCUT2D eigenvalue weighted by atomic mass is 10.5. The summed E-state index contributed by atoms with van der Waals surface area (Å²) in [6.07, 6.45) is 1.01. The van der Waals surface area contributed by atoms with E-state index in [1.54, 1.807) is 25.6 Å². The molecule has 0 bridgehead atoms. The van der Waals surface area contributed by atoms with Crippen molar-refractivity contribution in [3.05, 3.63) is 22.4 Å². The second kappa shape index (κ2) is 6.39. The third kappa shape index (κ3) is 3.69. The first-order chi connectivity index (χ1) is 7.26. The molecule has 86 valence electrons. The molecule has 0 aromatic carbocycles. The van der Waals surface area contributed by atoms with Crippen molar-refractivity contribution in [3.8, 4) is 0 Å². The summed E-state index contributed by atoms with van der Waals surface area (Å²) in [7, 11) is 0.940. The molecular formula is C10H18O3SSi. The minimum Gasteiger partial charge on any atom is -0.377 e. The van der Waals surface area contributed by atoms with Crippen molar-refractivity contribution in [2.24, 2.45) is 0 Å². The molecule has 1 aromatic heterocycles. The van der Waals surface area contributed by atoms with Gasteiger partial charge in [0, 0.05) is 25.1 Å². The van der Waals surface area contributed by atoms with Crippen LogP contribution in [-0.2, 0) is 19.9 Å². The zero-order chi connectivity index (χ0) is 11.1. The minimum atomic E-state index is -2.39. The SMILES string of the molecule is CCC[Si](OC)(OC)OCc1cccs1. The molecule has 0 aliphatic carbocycles. The van der Waals surface area contributed by atoms with E-state index in [2.05, 4.69) is 13.0 Å². The molecule has 3 nitrogen and oxygen atoms in total. The quantitative estimate of drug-likeness (QED) is 0.692. The molecule has 0 radical (unpaired) electrons. The number of thiophene rings is 1. The Morgan fingerprint density at radius 2 is 2.07 bits per heavy atom. The largest absolute Gasteiger partial charge is 0.500 e. The monoisotopic (exact) mass is 246 g/mol. The Bertz CT molecular complexity index is 260. The predicted octanol–water partition coefficient (Wildman–Crippen LogP) is 2.91. The van der Waals surface area contributed by atoms with Crippen LogP contribution in [-0.4, -0.2) is 23.0 Å². The van der Waals surface area contributed by atoms with Gasteiger partial charge in [-0.1, -0.05) is 19.4 Å². The first kappa shape index (κ1) is 12.9. The number of hydrogen-bond donors (Lipinski definition) is 0. The Morgan fingerprint density at radius 1 is 1.33 bits per heavy atom. The van der Waals surface area contributed by atoms with E-state index in [0.717, 1.165) is 12.5 Å². The van der Waals surface area contributed by atoms with Crippen molar-refractivity contribution in [1.29, 1.82) is 0 Å². The molecule has 0 spiro atoms. The van der Waals surface area contributed by atoms with E-state index in [1.165, 1.54) is 4.88 Å². The number of hydrogen-bond acceptors (Lipinski definition) is 4. The molecule has 1 aromatic rings. The topological polar surface area (TPSA) is 27.7 Å². The van der Waals surface area contributed by atoms with E-state index in [-0.39, 0.29) is 0 Å². The summed E-state index contributed by atoms with van der Waals surface area (Å²) in [5.41, 5.74) is 0. The van der Waals surface area contributed by atoms with Gasteiger partial charge in [-0.05, 0) is 11.4 Å². The molecule has 0 atom stereocenters. The molecule has 0 amide bonds. The Hall–Kier alpha value is -0.203. The van der Waals surface area contributed by atoms with Crippen LogP contribution in [0.5, 0.6) is 0 Å². The number of rotatable bonds is 7. The van der Waals surface area contributed by atoms with Crippen LogP contribution >= 0.6 is 11.3 Å². The molecular weight excluding hydrogens is 228 g/mol. The fourth-order valence-electron chi connectivity index (χ4n) is 1.36. The predicted molar refractivity (Wildman–Crippen MR) is 64.0 cm³/mol. The second-order valence-corrected chi connectivity index (χ2v) is 7.21. The van der Waals surface area contributed by atoms with Crippen LogP contribution in [0.3, 0.4) is 0 Å². The fraction of sp³-hybridized carbons (Fsp3) is 0.600. The van der Waals surface area contributed by atoms with Crippen LogP contribution in [0.25, 0.3) is 0 Å². The summed E-state index contributed by atoms with van der Waals surface area (Å²) in [5, 5.41) is 2.04. The Kier molecular flexibility index (Phi) is 5.48. The van der Waals surface area contributed by atoms with Crippen LogP contribution in [0.2, 0.25) is 6.04 Å². The normalized spacial score (nSPS) is 11.9. The summed E-state index contributed by atoms with van der Waals surface area (Å²) >= 11 is 1.69. The average molecular weight is 246 g/mol. The van der Waals surface area contributed by atoms with Crippen molar-refractivity contribution >= 4 is 20.1 Å². The van der Waals surface area contributed by atoms with Gasteiger partial charge in [0.05, 0.1) is 6.61 Å². The molecule has 1 heterocycles. The maximum absolute atomic E-state index is 5.82. The lowest BCUT2D eigenvalue weighted by molar-refractivity contribution is 0.0921. The van der Waals surface area contributed by atoms with Gasteiger partial charge in [-0.3, -0.25) is 0 Å². The van der Waals surface area contributed by atoms with Gasteiger partial charge in [-0.2, -0.15) is 0 Å². The van der Waals surface area contributed by atoms with E-state index >= 15 is 0 Å². The standard InChI is InChI=1S/C10H18O3SSi/c1-4-8-15(11-2,12-3)13-9-10-6-5-7-14-10/h5-7H,4,8-9H2,1-3H3. The van der Waals surface area contributed by atoms with Gasteiger partial charge in [0.15, 0.2) is 0 Å². The van der Waals surface area contributed by atoms with Crippen molar-refractivity contribution in [2.45, 2.75) is 26.0 Å². The van der Waals surface area contributed by atoms with E-state index in [0.29, 0.717) is 6.61 Å². The van der Waals surface area contributed by atoms with Crippen molar-refractivity contribution < 1.29 is 13.3 Å². The summed E-state index contributed by atoms with van der Waals surface area (Å²) in [5.74, 6) is 0. The summed E-state index contributed by atoms with van der Waals surface area (Å²) in [6.45, 7) is 2.69. The van der Waals surface area contributed by atoms with Gasteiger partial charge in [0.2, 0.25) is 0 Å². The van der Waals surface area contributed by atoms with Crippen LogP contribution in [0.15, 0.2) is 17.5 Å². The fourth-order valence-corrected chi connectivity index (χ4v) is 4.02. The molecule has 15 heavy (non-hydrogen) atoms. The summed E-state index contributed by atoms with van der Waals surface area (Å²) in [6, 6.07) is 4.94. The lowest BCUT2D eigenvalue weighted by Crippen LogP contribution is -2.43. The van der Waals surface area contributed by atoms with E-state index in [4.69, 9.17) is 13.3 Å².